The number of aromatic nitrogens is 2. The maximum absolute atomic E-state index is 4.93. The van der Waals surface area contributed by atoms with Crippen molar-refractivity contribution in [1.29, 1.82) is 0 Å². The van der Waals surface area contributed by atoms with Crippen molar-refractivity contribution in [3.63, 3.8) is 0 Å². The topological polar surface area (TPSA) is 25.8 Å². The Kier molecular flexibility index (Phi) is 5.62. The summed E-state index contributed by atoms with van der Waals surface area (Å²) in [5.74, 6) is 0.539. The Balaban J connectivity index is 1.51. The highest BCUT2D eigenvalue weighted by Crippen LogP contribution is 2.37. The van der Waals surface area contributed by atoms with Gasteiger partial charge in [0.2, 0.25) is 0 Å². The highest BCUT2D eigenvalue weighted by molar-refractivity contribution is 7.21. The van der Waals surface area contributed by atoms with E-state index >= 15 is 0 Å². The fraction of sp³-hybridized carbons (Fsp3) is 0.310. The molecule has 33 heavy (non-hydrogen) atoms. The van der Waals surface area contributed by atoms with Gasteiger partial charge in [0.05, 0.1) is 25.4 Å². The van der Waals surface area contributed by atoms with E-state index < -0.39 is 0 Å². The van der Waals surface area contributed by atoms with Gasteiger partial charge in [-0.05, 0) is 71.8 Å². The van der Waals surface area contributed by atoms with Crippen LogP contribution >= 0.6 is 22.7 Å². The van der Waals surface area contributed by atoms with Crippen LogP contribution in [-0.2, 0) is 5.41 Å². The number of rotatable bonds is 5. The molecule has 5 rings (SSSR count). The van der Waals surface area contributed by atoms with Crippen molar-refractivity contribution >= 4 is 43.1 Å². The number of hydrogen-bond acceptors (Lipinski definition) is 4. The second-order valence-corrected chi connectivity index (χ2v) is 11.9. The quantitative estimate of drug-likeness (QED) is 0.256. The van der Waals surface area contributed by atoms with Gasteiger partial charge in [-0.25, -0.2) is 9.97 Å². The van der Waals surface area contributed by atoms with Gasteiger partial charge in [-0.15, -0.1) is 22.7 Å². The maximum Gasteiger partial charge on any atom is 0.124 e. The molecule has 0 aliphatic heterocycles. The molecule has 0 saturated heterocycles. The lowest BCUT2D eigenvalue weighted by Gasteiger charge is -2.18. The zero-order chi connectivity index (χ0) is 23.3. The molecule has 2 heterocycles. The van der Waals surface area contributed by atoms with Crippen molar-refractivity contribution < 1.29 is 0 Å². The lowest BCUT2D eigenvalue weighted by Crippen LogP contribution is -2.14. The van der Waals surface area contributed by atoms with Gasteiger partial charge >= 0.3 is 0 Å². The minimum absolute atomic E-state index is 0.119. The molecule has 0 unspecified atom stereocenters. The third-order valence-electron chi connectivity index (χ3n) is 6.71. The van der Waals surface area contributed by atoms with E-state index in [-0.39, 0.29) is 5.41 Å². The van der Waals surface area contributed by atoms with Crippen molar-refractivity contribution in [2.75, 3.05) is 0 Å². The molecule has 2 nitrogen and oxygen atoms in total. The molecule has 0 aliphatic rings. The minimum atomic E-state index is 0.119. The highest BCUT2D eigenvalue weighted by atomic mass is 32.1. The molecule has 0 amide bonds. The number of benzene rings is 3. The molecule has 168 valence electrons. The van der Waals surface area contributed by atoms with E-state index in [0.29, 0.717) is 5.92 Å². The van der Waals surface area contributed by atoms with Crippen LogP contribution < -0.4 is 0 Å². The fourth-order valence-corrected chi connectivity index (χ4v) is 6.41. The van der Waals surface area contributed by atoms with Gasteiger partial charge < -0.3 is 0 Å². The summed E-state index contributed by atoms with van der Waals surface area (Å²) in [6.07, 6.45) is 1.09. The van der Waals surface area contributed by atoms with Crippen LogP contribution in [-0.4, -0.2) is 9.97 Å². The molecule has 0 aliphatic carbocycles. The van der Waals surface area contributed by atoms with Crippen molar-refractivity contribution in [3.8, 4) is 21.7 Å². The van der Waals surface area contributed by atoms with Crippen molar-refractivity contribution in [2.45, 2.75) is 59.3 Å². The van der Waals surface area contributed by atoms with E-state index in [0.717, 1.165) is 22.5 Å². The van der Waals surface area contributed by atoms with E-state index in [1.165, 1.54) is 42.2 Å². The molecular formula is C29H30N2S2. The Labute approximate surface area is 204 Å². The second kappa shape index (κ2) is 8.34. The molecule has 4 heteroatoms. The van der Waals surface area contributed by atoms with Gasteiger partial charge in [-0.3, -0.25) is 0 Å². The van der Waals surface area contributed by atoms with E-state index in [2.05, 4.69) is 96.1 Å². The second-order valence-electron chi connectivity index (χ2n) is 9.87. The molecule has 2 aromatic heterocycles. The average molecular weight is 471 g/mol. The predicted molar refractivity (Wildman–Crippen MR) is 146 cm³/mol. The molecule has 0 fully saturated rings. The van der Waals surface area contributed by atoms with Gasteiger partial charge in [0.1, 0.15) is 5.01 Å². The smallest absolute Gasteiger partial charge is 0.124 e. The minimum Gasteiger partial charge on any atom is -0.241 e. The molecule has 0 radical (unpaired) electrons. The molecule has 0 N–H and O–H groups in total. The van der Waals surface area contributed by atoms with E-state index in [1.54, 1.807) is 11.3 Å². The standard InChI is InChI=1S/C29H30N2S2/c1-7-29(5,6)28-31-24-13-10-20(16-26(24)33-28)19-9-12-23-25(15-19)32-27(30-23)21-8-11-22(17(2)3)18(4)14-21/h8-17H,7H2,1-6H3. The normalized spacial score (nSPS) is 12.3. The zero-order valence-electron chi connectivity index (χ0n) is 20.2. The van der Waals surface area contributed by atoms with Crippen LogP contribution in [0.5, 0.6) is 0 Å². The molecule has 0 bridgehead atoms. The summed E-state index contributed by atoms with van der Waals surface area (Å²) in [6, 6.07) is 20.0. The van der Waals surface area contributed by atoms with Gasteiger partial charge in [0.15, 0.2) is 0 Å². The fourth-order valence-electron chi connectivity index (χ4n) is 4.23. The summed E-state index contributed by atoms with van der Waals surface area (Å²) in [5, 5.41) is 2.31. The Bertz CT molecular complexity index is 1470. The summed E-state index contributed by atoms with van der Waals surface area (Å²) >= 11 is 3.60. The Morgan fingerprint density at radius 2 is 1.39 bits per heavy atom. The first-order valence-electron chi connectivity index (χ1n) is 11.7. The lowest BCUT2D eigenvalue weighted by molar-refractivity contribution is 0.504. The summed E-state index contributed by atoms with van der Waals surface area (Å²) in [6.45, 7) is 13.5. The van der Waals surface area contributed by atoms with Crippen LogP contribution in [0.15, 0.2) is 54.6 Å². The SMILES string of the molecule is CCC(C)(C)c1nc2ccc(-c3ccc4nc(-c5ccc(C(C)C)c(C)c5)sc4c3)cc2s1. The Morgan fingerprint density at radius 1 is 0.788 bits per heavy atom. The Hall–Kier alpha value is -2.56. The number of fused-ring (bicyclic) bond motifs is 2. The van der Waals surface area contributed by atoms with E-state index in [4.69, 9.17) is 9.97 Å². The first kappa shape index (κ1) is 22.2. The maximum atomic E-state index is 4.93. The third-order valence-corrected chi connectivity index (χ3v) is 9.16. The Morgan fingerprint density at radius 3 is 2.00 bits per heavy atom. The molecule has 0 saturated carbocycles. The predicted octanol–water partition coefficient (Wildman–Crippen LogP) is 9.36. The van der Waals surface area contributed by atoms with Crippen LogP contribution in [0.1, 0.15) is 63.1 Å². The van der Waals surface area contributed by atoms with Crippen LogP contribution in [0.25, 0.3) is 42.1 Å². The highest BCUT2D eigenvalue weighted by Gasteiger charge is 2.22. The summed E-state index contributed by atoms with van der Waals surface area (Å²) < 4.78 is 2.49. The first-order chi connectivity index (χ1) is 15.7. The van der Waals surface area contributed by atoms with Gasteiger partial charge in [-0.1, -0.05) is 58.9 Å². The first-order valence-corrected chi connectivity index (χ1v) is 13.3. The molecular weight excluding hydrogens is 440 g/mol. The lowest BCUT2D eigenvalue weighted by atomic mass is 9.91. The zero-order valence-corrected chi connectivity index (χ0v) is 21.8. The molecule has 0 atom stereocenters. The van der Waals surface area contributed by atoms with Crippen LogP contribution in [0.4, 0.5) is 0 Å². The largest absolute Gasteiger partial charge is 0.241 e. The summed E-state index contributed by atoms with van der Waals surface area (Å²) in [4.78, 5) is 9.85. The molecule has 5 aromatic rings. The van der Waals surface area contributed by atoms with Crippen molar-refractivity contribution in [1.82, 2.24) is 9.97 Å². The number of aryl methyl sites for hydroxylation is 1. The van der Waals surface area contributed by atoms with Crippen LogP contribution in [0.3, 0.4) is 0 Å². The molecule has 3 aromatic carbocycles. The van der Waals surface area contributed by atoms with Gasteiger partial charge in [0, 0.05) is 11.0 Å². The summed E-state index contributed by atoms with van der Waals surface area (Å²) in [5.41, 5.74) is 8.70. The van der Waals surface area contributed by atoms with Gasteiger partial charge in [0.25, 0.3) is 0 Å². The number of thiazole rings is 2. The monoisotopic (exact) mass is 470 g/mol. The summed E-state index contributed by atoms with van der Waals surface area (Å²) in [7, 11) is 0. The number of hydrogen-bond donors (Lipinski definition) is 0. The molecule has 0 spiro atoms. The average Bonchev–Trinajstić information content (AvgIpc) is 3.42. The van der Waals surface area contributed by atoms with Gasteiger partial charge in [-0.2, -0.15) is 0 Å². The number of nitrogens with zero attached hydrogens (tertiary/aromatic N) is 2. The third kappa shape index (κ3) is 4.11. The van der Waals surface area contributed by atoms with Crippen LogP contribution in [0, 0.1) is 6.92 Å². The van der Waals surface area contributed by atoms with Crippen molar-refractivity contribution in [3.05, 3.63) is 70.7 Å². The van der Waals surface area contributed by atoms with Crippen LogP contribution in [0.2, 0.25) is 0 Å². The van der Waals surface area contributed by atoms with Crippen molar-refractivity contribution in [2.24, 2.45) is 0 Å². The van der Waals surface area contributed by atoms with E-state index in [1.807, 2.05) is 11.3 Å². The van der Waals surface area contributed by atoms with E-state index in [9.17, 15) is 0 Å².